The summed E-state index contributed by atoms with van der Waals surface area (Å²) in [5.74, 6) is -0.0877. The van der Waals surface area contributed by atoms with Crippen molar-refractivity contribution in [1.29, 1.82) is 0 Å². The second kappa shape index (κ2) is 7.06. The van der Waals surface area contributed by atoms with Gasteiger partial charge in [-0.3, -0.25) is 4.79 Å². The predicted molar refractivity (Wildman–Crippen MR) is 89.9 cm³/mol. The predicted octanol–water partition coefficient (Wildman–Crippen LogP) is 2.97. The van der Waals surface area contributed by atoms with Crippen molar-refractivity contribution < 1.29 is 22.7 Å². The third-order valence-electron chi connectivity index (χ3n) is 3.77. The minimum atomic E-state index is -4.48. The van der Waals surface area contributed by atoms with E-state index >= 15 is 0 Å². The number of aromatic nitrogens is 4. The maximum absolute atomic E-state index is 12.8. The Morgan fingerprint density at radius 3 is 2.63 bits per heavy atom. The fourth-order valence-electron chi connectivity index (χ4n) is 2.29. The van der Waals surface area contributed by atoms with Gasteiger partial charge in [0.1, 0.15) is 0 Å². The Kier molecular flexibility index (Phi) is 4.80. The van der Waals surface area contributed by atoms with Crippen molar-refractivity contribution in [2.75, 3.05) is 19.1 Å². The summed E-state index contributed by atoms with van der Waals surface area (Å²) in [7, 11) is 3.00. The number of alkyl halides is 3. The monoisotopic (exact) mass is 377 g/mol. The van der Waals surface area contributed by atoms with Crippen LogP contribution < -0.4 is 9.64 Å². The number of pyridine rings is 1. The third kappa shape index (κ3) is 3.89. The van der Waals surface area contributed by atoms with Crippen LogP contribution in [0.4, 0.5) is 18.9 Å². The molecule has 2 aromatic heterocycles. The fraction of sp³-hybridized carbons (Fsp3) is 0.176. The highest BCUT2D eigenvalue weighted by Crippen LogP contribution is 2.30. The highest BCUT2D eigenvalue weighted by atomic mass is 19.4. The second-order valence-electron chi connectivity index (χ2n) is 5.52. The zero-order chi connectivity index (χ0) is 19.6. The summed E-state index contributed by atoms with van der Waals surface area (Å²) in [5, 5.41) is 7.51. The summed E-state index contributed by atoms with van der Waals surface area (Å²) in [5.41, 5.74) is -0.199. The van der Waals surface area contributed by atoms with Gasteiger partial charge in [0.05, 0.1) is 36.4 Å². The molecule has 0 aliphatic carbocycles. The average molecular weight is 377 g/mol. The SMILES string of the molecule is COc1ccc(N(C)C(=O)c2cn(-c3cccc(C(F)(F)F)c3)nn2)cn1. The molecule has 7 nitrogen and oxygen atoms in total. The summed E-state index contributed by atoms with van der Waals surface area (Å²) in [4.78, 5) is 17.9. The molecule has 1 aromatic carbocycles. The number of rotatable bonds is 4. The zero-order valence-corrected chi connectivity index (χ0v) is 14.3. The molecule has 1 amide bonds. The van der Waals surface area contributed by atoms with E-state index in [4.69, 9.17) is 4.74 Å². The minimum Gasteiger partial charge on any atom is -0.481 e. The Balaban J connectivity index is 1.83. The molecule has 0 fully saturated rings. The van der Waals surface area contributed by atoms with Crippen LogP contribution in [0.2, 0.25) is 0 Å². The molecule has 0 atom stereocenters. The van der Waals surface area contributed by atoms with Gasteiger partial charge in [0.25, 0.3) is 5.91 Å². The van der Waals surface area contributed by atoms with Gasteiger partial charge in [-0.15, -0.1) is 5.10 Å². The van der Waals surface area contributed by atoms with Gasteiger partial charge in [-0.2, -0.15) is 13.2 Å². The lowest BCUT2D eigenvalue weighted by Gasteiger charge is -2.15. The van der Waals surface area contributed by atoms with Crippen LogP contribution in [0.15, 0.2) is 48.8 Å². The molecular weight excluding hydrogens is 363 g/mol. The number of carbonyl (C=O) groups excluding carboxylic acids is 1. The molecule has 0 spiro atoms. The first kappa shape index (κ1) is 18.4. The van der Waals surface area contributed by atoms with Crippen LogP contribution in [0.3, 0.4) is 0 Å². The van der Waals surface area contributed by atoms with Crippen molar-refractivity contribution in [1.82, 2.24) is 20.0 Å². The fourth-order valence-corrected chi connectivity index (χ4v) is 2.29. The van der Waals surface area contributed by atoms with Crippen LogP contribution in [-0.4, -0.2) is 40.0 Å². The summed E-state index contributed by atoms with van der Waals surface area (Å²) < 4.78 is 44.6. The van der Waals surface area contributed by atoms with Gasteiger partial charge in [-0.05, 0) is 24.3 Å². The standard InChI is InChI=1S/C17H14F3N5O2/c1-24(13-6-7-15(27-2)21-9-13)16(26)14-10-25(23-22-14)12-5-3-4-11(8-12)17(18,19)20/h3-10H,1-2H3. The third-order valence-corrected chi connectivity index (χ3v) is 3.77. The summed E-state index contributed by atoms with van der Waals surface area (Å²) in [6.07, 6.45) is -1.75. The van der Waals surface area contributed by atoms with E-state index in [1.165, 1.54) is 43.6 Å². The van der Waals surface area contributed by atoms with Crippen LogP contribution in [-0.2, 0) is 6.18 Å². The van der Waals surface area contributed by atoms with Crippen LogP contribution in [0.1, 0.15) is 16.1 Å². The Labute approximate surface area is 152 Å². The smallest absolute Gasteiger partial charge is 0.416 e. The summed E-state index contributed by atoms with van der Waals surface area (Å²) in [6.45, 7) is 0. The lowest BCUT2D eigenvalue weighted by atomic mass is 10.2. The van der Waals surface area contributed by atoms with Gasteiger partial charge in [-0.1, -0.05) is 11.3 Å². The van der Waals surface area contributed by atoms with Crippen molar-refractivity contribution in [3.05, 3.63) is 60.0 Å². The molecule has 0 unspecified atom stereocenters. The molecule has 0 saturated heterocycles. The average Bonchev–Trinajstić information content (AvgIpc) is 3.16. The first-order valence-electron chi connectivity index (χ1n) is 7.67. The lowest BCUT2D eigenvalue weighted by Crippen LogP contribution is -2.26. The number of carbonyl (C=O) groups is 1. The molecule has 140 valence electrons. The maximum atomic E-state index is 12.8. The van der Waals surface area contributed by atoms with Crippen LogP contribution in [0, 0.1) is 0 Å². The van der Waals surface area contributed by atoms with Gasteiger partial charge in [0.2, 0.25) is 5.88 Å². The minimum absolute atomic E-state index is 0.0225. The van der Waals surface area contributed by atoms with Crippen molar-refractivity contribution in [3.8, 4) is 11.6 Å². The second-order valence-corrected chi connectivity index (χ2v) is 5.52. The summed E-state index contributed by atoms with van der Waals surface area (Å²) in [6, 6.07) is 7.82. The molecule has 0 aliphatic heterocycles. The molecule has 0 N–H and O–H groups in total. The van der Waals surface area contributed by atoms with E-state index in [0.717, 1.165) is 16.8 Å². The number of anilines is 1. The molecule has 3 aromatic rings. The first-order valence-corrected chi connectivity index (χ1v) is 7.67. The number of amides is 1. The topological polar surface area (TPSA) is 73.1 Å². The normalized spacial score (nSPS) is 11.3. The molecule has 3 rings (SSSR count). The van der Waals surface area contributed by atoms with Crippen LogP contribution in [0.5, 0.6) is 5.88 Å². The van der Waals surface area contributed by atoms with E-state index in [1.807, 2.05) is 0 Å². The molecular formula is C17H14F3N5O2. The number of ether oxygens (including phenoxy) is 1. The van der Waals surface area contributed by atoms with E-state index in [0.29, 0.717) is 11.6 Å². The number of benzene rings is 1. The number of hydrogen-bond acceptors (Lipinski definition) is 5. The molecule has 0 aliphatic rings. The Morgan fingerprint density at radius 1 is 1.22 bits per heavy atom. The van der Waals surface area contributed by atoms with Gasteiger partial charge < -0.3 is 9.64 Å². The molecule has 10 heteroatoms. The highest BCUT2D eigenvalue weighted by molar-refractivity contribution is 6.04. The van der Waals surface area contributed by atoms with Crippen molar-refractivity contribution in [2.45, 2.75) is 6.18 Å². The molecule has 0 radical (unpaired) electrons. The van der Waals surface area contributed by atoms with Gasteiger partial charge >= 0.3 is 6.18 Å². The lowest BCUT2D eigenvalue weighted by molar-refractivity contribution is -0.137. The van der Waals surface area contributed by atoms with E-state index in [-0.39, 0.29) is 11.4 Å². The number of nitrogens with zero attached hydrogens (tertiary/aromatic N) is 5. The number of hydrogen-bond donors (Lipinski definition) is 0. The van der Waals surface area contributed by atoms with E-state index in [9.17, 15) is 18.0 Å². The van der Waals surface area contributed by atoms with Crippen LogP contribution >= 0.6 is 0 Å². The van der Waals surface area contributed by atoms with Gasteiger partial charge in [0.15, 0.2) is 5.69 Å². The van der Waals surface area contributed by atoms with E-state index in [1.54, 1.807) is 12.1 Å². The zero-order valence-electron chi connectivity index (χ0n) is 14.3. The van der Waals surface area contributed by atoms with Crippen molar-refractivity contribution in [3.63, 3.8) is 0 Å². The molecule has 0 saturated carbocycles. The Hall–Kier alpha value is -3.43. The quantitative estimate of drug-likeness (QED) is 0.699. The number of halogens is 3. The molecule has 27 heavy (non-hydrogen) atoms. The Morgan fingerprint density at radius 2 is 2.00 bits per heavy atom. The van der Waals surface area contributed by atoms with E-state index in [2.05, 4.69) is 15.3 Å². The molecule has 2 heterocycles. The Bertz CT molecular complexity index is 954. The van der Waals surface area contributed by atoms with Gasteiger partial charge in [0, 0.05) is 13.1 Å². The van der Waals surface area contributed by atoms with Crippen LogP contribution in [0.25, 0.3) is 5.69 Å². The number of methoxy groups -OCH3 is 1. The molecule has 0 bridgehead atoms. The van der Waals surface area contributed by atoms with Crippen molar-refractivity contribution in [2.24, 2.45) is 0 Å². The van der Waals surface area contributed by atoms with E-state index < -0.39 is 17.6 Å². The maximum Gasteiger partial charge on any atom is 0.416 e. The largest absolute Gasteiger partial charge is 0.481 e. The highest BCUT2D eigenvalue weighted by Gasteiger charge is 2.30. The summed E-state index contributed by atoms with van der Waals surface area (Å²) >= 11 is 0. The first-order chi connectivity index (χ1) is 12.8. The van der Waals surface area contributed by atoms with Gasteiger partial charge in [-0.25, -0.2) is 9.67 Å². The van der Waals surface area contributed by atoms with Crippen molar-refractivity contribution >= 4 is 11.6 Å².